The van der Waals surface area contributed by atoms with E-state index in [0.717, 1.165) is 21.9 Å². The van der Waals surface area contributed by atoms with Crippen LogP contribution in [0, 0.1) is 0 Å². The van der Waals surface area contributed by atoms with Crippen molar-refractivity contribution in [2.75, 3.05) is 19.7 Å². The lowest BCUT2D eigenvalue weighted by Crippen LogP contribution is -2.41. The number of aromatic nitrogens is 1. The highest BCUT2D eigenvalue weighted by molar-refractivity contribution is 7.13. The summed E-state index contributed by atoms with van der Waals surface area (Å²) in [4.78, 5) is 31.3. The van der Waals surface area contributed by atoms with Gasteiger partial charge in [0.25, 0.3) is 0 Å². The maximum atomic E-state index is 12.8. The van der Waals surface area contributed by atoms with E-state index in [1.54, 1.807) is 12.1 Å². The van der Waals surface area contributed by atoms with Crippen molar-refractivity contribution in [3.05, 3.63) is 70.2 Å². The zero-order valence-corrected chi connectivity index (χ0v) is 19.7. The monoisotopic (exact) mass is 471 g/mol. The summed E-state index contributed by atoms with van der Waals surface area (Å²) in [5, 5.41) is 6.18. The van der Waals surface area contributed by atoms with Crippen LogP contribution in [0.2, 0.25) is 5.02 Å². The normalized spacial score (nSPS) is 10.6. The van der Waals surface area contributed by atoms with Crippen molar-refractivity contribution in [1.82, 2.24) is 15.2 Å². The Morgan fingerprint density at radius 2 is 1.88 bits per heavy atom. The summed E-state index contributed by atoms with van der Waals surface area (Å²) in [5.74, 6) is 0.429. The Morgan fingerprint density at radius 3 is 2.59 bits per heavy atom. The quantitative estimate of drug-likeness (QED) is 0.470. The van der Waals surface area contributed by atoms with Crippen molar-refractivity contribution in [2.45, 2.75) is 26.8 Å². The first-order valence-corrected chi connectivity index (χ1v) is 11.7. The highest BCUT2D eigenvalue weighted by Gasteiger charge is 2.18. The van der Waals surface area contributed by atoms with Crippen molar-refractivity contribution in [1.29, 1.82) is 0 Å². The molecule has 1 N–H and O–H groups in total. The Bertz CT molecular complexity index is 1050. The number of benzene rings is 2. The molecule has 0 atom stereocenters. The Kier molecular flexibility index (Phi) is 8.64. The Balaban J connectivity index is 1.57. The molecule has 3 aromatic rings. The number of thiazole rings is 1. The smallest absolute Gasteiger partial charge is 0.239 e. The lowest BCUT2D eigenvalue weighted by molar-refractivity contribution is -0.135. The number of para-hydroxylation sites is 1. The number of carbonyl (C=O) groups is 2. The molecule has 0 aliphatic heterocycles. The summed E-state index contributed by atoms with van der Waals surface area (Å²) < 4.78 is 5.68. The zero-order chi connectivity index (χ0) is 22.9. The van der Waals surface area contributed by atoms with E-state index in [1.807, 2.05) is 55.6 Å². The van der Waals surface area contributed by atoms with Gasteiger partial charge in [-0.25, -0.2) is 4.98 Å². The highest BCUT2D eigenvalue weighted by Crippen LogP contribution is 2.32. The van der Waals surface area contributed by atoms with Gasteiger partial charge in [-0.05, 0) is 43.7 Å². The van der Waals surface area contributed by atoms with Crippen molar-refractivity contribution < 1.29 is 14.3 Å². The number of rotatable bonds is 10. The lowest BCUT2D eigenvalue weighted by atomic mass is 10.2. The number of halogens is 1. The van der Waals surface area contributed by atoms with Gasteiger partial charge >= 0.3 is 0 Å². The number of likely N-dealkylation sites (N-methyl/N-ethyl adjacent to an activating group) is 1. The molecule has 0 radical (unpaired) electrons. The molecule has 0 spiro atoms. The average molecular weight is 472 g/mol. The van der Waals surface area contributed by atoms with Crippen LogP contribution in [0.25, 0.3) is 10.6 Å². The third-order valence-corrected chi connectivity index (χ3v) is 5.95. The standard InChI is InChI=1S/C24H26ClN3O3S/c1-3-28(15-22(29)26-14-17-9-11-18(25)12-10-17)23(30)13-19-16-32-24(27-19)20-7-5-6-8-21(20)31-4-2/h5-12,16H,3-4,13-15H2,1-2H3,(H,26,29). The van der Waals surface area contributed by atoms with Crippen LogP contribution in [0.1, 0.15) is 25.1 Å². The molecule has 0 aliphatic carbocycles. The number of nitrogens with one attached hydrogen (secondary N) is 1. The van der Waals surface area contributed by atoms with E-state index in [-0.39, 0.29) is 24.8 Å². The lowest BCUT2D eigenvalue weighted by Gasteiger charge is -2.20. The average Bonchev–Trinajstić information content (AvgIpc) is 3.25. The van der Waals surface area contributed by atoms with Gasteiger partial charge in [0.05, 0.1) is 30.8 Å². The topological polar surface area (TPSA) is 71.5 Å². The molecule has 1 aromatic heterocycles. The molecule has 6 nitrogen and oxygen atoms in total. The van der Waals surface area contributed by atoms with Gasteiger partial charge < -0.3 is 15.0 Å². The summed E-state index contributed by atoms with van der Waals surface area (Å²) in [5.41, 5.74) is 2.53. The molecule has 0 saturated carbocycles. The van der Waals surface area contributed by atoms with Crippen LogP contribution in [0.3, 0.4) is 0 Å². The zero-order valence-electron chi connectivity index (χ0n) is 18.1. The fourth-order valence-electron chi connectivity index (χ4n) is 3.11. The second-order valence-corrected chi connectivity index (χ2v) is 8.36. The molecule has 0 unspecified atom stereocenters. The molecule has 168 valence electrons. The fraction of sp³-hybridized carbons (Fsp3) is 0.292. The minimum Gasteiger partial charge on any atom is -0.493 e. The van der Waals surface area contributed by atoms with Crippen LogP contribution < -0.4 is 10.1 Å². The number of ether oxygens (including phenoxy) is 1. The SMILES string of the molecule is CCOc1ccccc1-c1nc(CC(=O)N(CC)CC(=O)NCc2ccc(Cl)cc2)cs1. The number of amides is 2. The molecule has 1 heterocycles. The summed E-state index contributed by atoms with van der Waals surface area (Å²) in [6.45, 7) is 5.20. The molecule has 8 heteroatoms. The molecule has 0 aliphatic rings. The molecular weight excluding hydrogens is 446 g/mol. The van der Waals surface area contributed by atoms with Crippen LogP contribution in [0.5, 0.6) is 5.75 Å². The van der Waals surface area contributed by atoms with Crippen LogP contribution in [0.15, 0.2) is 53.9 Å². The number of carbonyl (C=O) groups excluding carboxylic acids is 2. The van der Waals surface area contributed by atoms with Crippen LogP contribution in [-0.4, -0.2) is 41.4 Å². The van der Waals surface area contributed by atoms with Crippen LogP contribution in [0.4, 0.5) is 0 Å². The summed E-state index contributed by atoms with van der Waals surface area (Å²) in [6.07, 6.45) is 0.144. The Labute approximate surface area is 197 Å². The third-order valence-electron chi connectivity index (χ3n) is 4.77. The molecule has 0 bridgehead atoms. The molecule has 2 amide bonds. The number of hydrogen-bond acceptors (Lipinski definition) is 5. The summed E-state index contributed by atoms with van der Waals surface area (Å²) >= 11 is 7.35. The summed E-state index contributed by atoms with van der Waals surface area (Å²) in [7, 11) is 0. The van der Waals surface area contributed by atoms with Crippen molar-refractivity contribution in [2.24, 2.45) is 0 Å². The molecule has 0 fully saturated rings. The van der Waals surface area contributed by atoms with Gasteiger partial charge in [-0.1, -0.05) is 35.9 Å². The second kappa shape index (κ2) is 11.6. The molecule has 3 rings (SSSR count). The maximum Gasteiger partial charge on any atom is 0.239 e. The van der Waals surface area contributed by atoms with Gasteiger partial charge in [-0.15, -0.1) is 11.3 Å². The molecule has 32 heavy (non-hydrogen) atoms. The van der Waals surface area contributed by atoms with Crippen LogP contribution >= 0.6 is 22.9 Å². The van der Waals surface area contributed by atoms with Gasteiger partial charge in [-0.3, -0.25) is 9.59 Å². The van der Waals surface area contributed by atoms with E-state index >= 15 is 0 Å². The van der Waals surface area contributed by atoms with Gasteiger partial charge in [0.1, 0.15) is 10.8 Å². The first-order valence-electron chi connectivity index (χ1n) is 10.5. The van der Waals surface area contributed by atoms with E-state index in [1.165, 1.54) is 16.2 Å². The van der Waals surface area contributed by atoms with Gasteiger partial charge in [0.15, 0.2) is 0 Å². The number of nitrogens with zero attached hydrogens (tertiary/aromatic N) is 2. The Morgan fingerprint density at radius 1 is 1.12 bits per heavy atom. The van der Waals surface area contributed by atoms with E-state index in [2.05, 4.69) is 10.3 Å². The second-order valence-electron chi connectivity index (χ2n) is 7.06. The minimum atomic E-state index is -0.209. The third kappa shape index (κ3) is 6.55. The Hall–Kier alpha value is -2.90. The first-order chi connectivity index (χ1) is 15.5. The first kappa shape index (κ1) is 23.8. The van der Waals surface area contributed by atoms with Gasteiger partial charge in [0.2, 0.25) is 11.8 Å². The molecule has 2 aromatic carbocycles. The van der Waals surface area contributed by atoms with Gasteiger partial charge in [0, 0.05) is 23.5 Å². The highest BCUT2D eigenvalue weighted by atomic mass is 35.5. The maximum absolute atomic E-state index is 12.8. The summed E-state index contributed by atoms with van der Waals surface area (Å²) in [6, 6.07) is 15.0. The molecular formula is C24H26ClN3O3S. The minimum absolute atomic E-state index is 0.00703. The van der Waals surface area contributed by atoms with Gasteiger partial charge in [-0.2, -0.15) is 0 Å². The van der Waals surface area contributed by atoms with E-state index in [9.17, 15) is 9.59 Å². The van der Waals surface area contributed by atoms with E-state index < -0.39 is 0 Å². The molecule has 0 saturated heterocycles. The predicted octanol–water partition coefficient (Wildman–Crippen LogP) is 4.57. The van der Waals surface area contributed by atoms with Crippen LogP contribution in [-0.2, 0) is 22.6 Å². The van der Waals surface area contributed by atoms with Crippen molar-refractivity contribution in [3.8, 4) is 16.3 Å². The van der Waals surface area contributed by atoms with Crippen molar-refractivity contribution >= 4 is 34.8 Å². The predicted molar refractivity (Wildman–Crippen MR) is 128 cm³/mol. The largest absolute Gasteiger partial charge is 0.493 e. The van der Waals surface area contributed by atoms with E-state index in [4.69, 9.17) is 16.3 Å². The number of hydrogen-bond donors (Lipinski definition) is 1. The van der Waals surface area contributed by atoms with Crippen molar-refractivity contribution in [3.63, 3.8) is 0 Å². The fourth-order valence-corrected chi connectivity index (χ4v) is 4.09. The van der Waals surface area contributed by atoms with E-state index in [0.29, 0.717) is 30.4 Å².